The van der Waals surface area contributed by atoms with E-state index < -0.39 is 5.91 Å². The standard InChI is InChI=1S/C18H12N2O3S/c21-13-7-3-1-5-11(13)19-17(22)14-9-10-15(23-14)18-20-12-6-2-4-8-16(12)24-18/h1-10,21H,(H,19,22). The number of aromatic hydroxyl groups is 1. The van der Waals surface area contributed by atoms with Gasteiger partial charge >= 0.3 is 0 Å². The van der Waals surface area contributed by atoms with E-state index in [4.69, 9.17) is 4.42 Å². The molecule has 0 atom stereocenters. The third kappa shape index (κ3) is 2.63. The summed E-state index contributed by atoms with van der Waals surface area (Å²) in [7, 11) is 0. The van der Waals surface area contributed by atoms with Crippen molar-refractivity contribution in [1.82, 2.24) is 4.98 Å². The Labute approximate surface area is 141 Å². The average molecular weight is 336 g/mol. The van der Waals surface area contributed by atoms with E-state index in [1.54, 1.807) is 30.3 Å². The third-order valence-electron chi connectivity index (χ3n) is 3.49. The fraction of sp³-hybridized carbons (Fsp3) is 0. The van der Waals surface area contributed by atoms with Crippen molar-refractivity contribution in [2.45, 2.75) is 0 Å². The smallest absolute Gasteiger partial charge is 0.291 e. The molecule has 2 aromatic carbocycles. The molecule has 5 nitrogen and oxygen atoms in total. The number of anilines is 1. The minimum absolute atomic E-state index is 0.00352. The number of hydrogen-bond acceptors (Lipinski definition) is 5. The van der Waals surface area contributed by atoms with Gasteiger partial charge in [0.05, 0.1) is 15.9 Å². The number of nitrogens with zero attached hydrogens (tertiary/aromatic N) is 1. The van der Waals surface area contributed by atoms with Crippen LogP contribution in [0.1, 0.15) is 10.6 Å². The van der Waals surface area contributed by atoms with Gasteiger partial charge in [0.15, 0.2) is 16.5 Å². The lowest BCUT2D eigenvalue weighted by atomic mass is 10.3. The Morgan fingerprint density at radius 2 is 1.83 bits per heavy atom. The second kappa shape index (κ2) is 5.82. The number of phenolic OH excluding ortho intramolecular Hbond substituents is 1. The van der Waals surface area contributed by atoms with Crippen molar-refractivity contribution in [3.05, 3.63) is 66.4 Å². The lowest BCUT2D eigenvalue weighted by Gasteiger charge is -2.04. The summed E-state index contributed by atoms with van der Waals surface area (Å²) in [5.74, 6) is 0.277. The van der Waals surface area contributed by atoms with Gasteiger partial charge in [-0.25, -0.2) is 4.98 Å². The zero-order valence-electron chi connectivity index (χ0n) is 12.4. The average Bonchev–Trinajstić information content (AvgIpc) is 3.23. The number of aromatic nitrogens is 1. The van der Waals surface area contributed by atoms with Gasteiger partial charge < -0.3 is 14.8 Å². The van der Waals surface area contributed by atoms with Gasteiger partial charge in [-0.3, -0.25) is 4.79 Å². The van der Waals surface area contributed by atoms with Gasteiger partial charge in [0, 0.05) is 0 Å². The molecule has 4 rings (SSSR count). The van der Waals surface area contributed by atoms with Crippen LogP contribution >= 0.6 is 11.3 Å². The van der Waals surface area contributed by atoms with E-state index in [9.17, 15) is 9.90 Å². The molecule has 0 spiro atoms. The van der Waals surface area contributed by atoms with E-state index in [1.165, 1.54) is 17.4 Å². The highest BCUT2D eigenvalue weighted by Crippen LogP contribution is 2.31. The minimum Gasteiger partial charge on any atom is -0.506 e. The van der Waals surface area contributed by atoms with Gasteiger partial charge in [0.2, 0.25) is 0 Å². The topological polar surface area (TPSA) is 75.4 Å². The van der Waals surface area contributed by atoms with Crippen molar-refractivity contribution in [2.75, 3.05) is 5.32 Å². The first-order valence-electron chi connectivity index (χ1n) is 7.26. The van der Waals surface area contributed by atoms with E-state index in [0.29, 0.717) is 11.4 Å². The number of nitrogens with one attached hydrogen (secondary N) is 1. The monoisotopic (exact) mass is 336 g/mol. The Hall–Kier alpha value is -3.12. The molecule has 24 heavy (non-hydrogen) atoms. The third-order valence-corrected chi connectivity index (χ3v) is 4.54. The number of thiazole rings is 1. The van der Waals surface area contributed by atoms with E-state index in [0.717, 1.165) is 15.2 Å². The summed E-state index contributed by atoms with van der Waals surface area (Å²) in [5.41, 5.74) is 1.23. The Bertz CT molecular complexity index is 1000. The second-order valence-electron chi connectivity index (χ2n) is 5.12. The largest absolute Gasteiger partial charge is 0.506 e. The number of fused-ring (bicyclic) bond motifs is 1. The fourth-order valence-corrected chi connectivity index (χ4v) is 3.24. The van der Waals surface area contributed by atoms with Crippen LogP contribution in [0.15, 0.2) is 65.1 Å². The molecular formula is C18H12N2O3S. The number of carbonyl (C=O) groups is 1. The zero-order chi connectivity index (χ0) is 16.5. The van der Waals surface area contributed by atoms with Gasteiger partial charge in [0.1, 0.15) is 5.75 Å². The number of carbonyl (C=O) groups excluding carboxylic acids is 1. The maximum atomic E-state index is 12.3. The molecule has 0 aliphatic rings. The molecular weight excluding hydrogens is 324 g/mol. The van der Waals surface area contributed by atoms with E-state index >= 15 is 0 Å². The Morgan fingerprint density at radius 3 is 2.67 bits per heavy atom. The summed E-state index contributed by atoms with van der Waals surface area (Å²) in [6, 6.07) is 17.7. The molecule has 0 aliphatic carbocycles. The molecule has 0 bridgehead atoms. The zero-order valence-corrected chi connectivity index (χ0v) is 13.2. The maximum absolute atomic E-state index is 12.3. The van der Waals surface area contributed by atoms with Crippen molar-refractivity contribution in [2.24, 2.45) is 0 Å². The van der Waals surface area contributed by atoms with Crippen molar-refractivity contribution in [1.29, 1.82) is 0 Å². The molecule has 4 aromatic rings. The molecule has 1 amide bonds. The van der Waals surface area contributed by atoms with E-state index in [1.807, 2.05) is 24.3 Å². The number of rotatable bonds is 3. The fourth-order valence-electron chi connectivity index (χ4n) is 2.32. The number of phenols is 1. The number of para-hydroxylation sites is 3. The molecule has 0 fully saturated rings. The van der Waals surface area contributed by atoms with Crippen LogP contribution in [0.25, 0.3) is 21.0 Å². The molecule has 0 saturated carbocycles. The summed E-state index contributed by atoms with van der Waals surface area (Å²) in [5, 5.41) is 13.1. The SMILES string of the molecule is O=C(Nc1ccccc1O)c1ccc(-c2nc3ccccc3s2)o1. The summed E-state index contributed by atoms with van der Waals surface area (Å²) in [6.07, 6.45) is 0. The van der Waals surface area contributed by atoms with Crippen molar-refractivity contribution < 1.29 is 14.3 Å². The molecule has 0 aliphatic heterocycles. The summed E-state index contributed by atoms with van der Waals surface area (Å²) < 4.78 is 6.69. The second-order valence-corrected chi connectivity index (χ2v) is 6.15. The molecule has 0 radical (unpaired) electrons. The maximum Gasteiger partial charge on any atom is 0.291 e. The predicted molar refractivity (Wildman–Crippen MR) is 93.4 cm³/mol. The lowest BCUT2D eigenvalue weighted by molar-refractivity contribution is 0.0997. The molecule has 2 N–H and O–H groups in total. The number of hydrogen-bond donors (Lipinski definition) is 2. The Morgan fingerprint density at radius 1 is 1.04 bits per heavy atom. The van der Waals surface area contributed by atoms with Crippen LogP contribution in [-0.2, 0) is 0 Å². The summed E-state index contributed by atoms with van der Waals surface area (Å²) in [6.45, 7) is 0. The lowest BCUT2D eigenvalue weighted by Crippen LogP contribution is -2.10. The van der Waals surface area contributed by atoms with Crippen LogP contribution in [0.4, 0.5) is 5.69 Å². The minimum atomic E-state index is -0.427. The van der Waals surface area contributed by atoms with Gasteiger partial charge in [-0.2, -0.15) is 0 Å². The van der Waals surface area contributed by atoms with Crippen LogP contribution in [-0.4, -0.2) is 16.0 Å². The van der Waals surface area contributed by atoms with E-state index in [-0.39, 0.29) is 11.5 Å². The van der Waals surface area contributed by atoms with Crippen LogP contribution in [0.5, 0.6) is 5.75 Å². The van der Waals surface area contributed by atoms with Gasteiger partial charge in [-0.05, 0) is 36.4 Å². The molecule has 2 aromatic heterocycles. The Kier molecular flexibility index (Phi) is 3.51. The van der Waals surface area contributed by atoms with Crippen LogP contribution in [0.2, 0.25) is 0 Å². The van der Waals surface area contributed by atoms with Crippen LogP contribution in [0, 0.1) is 0 Å². The first-order chi connectivity index (χ1) is 11.7. The number of benzene rings is 2. The molecule has 2 heterocycles. The molecule has 0 saturated heterocycles. The van der Waals surface area contributed by atoms with Gasteiger partial charge in [-0.15, -0.1) is 11.3 Å². The number of furan rings is 1. The first-order valence-corrected chi connectivity index (χ1v) is 8.07. The first kappa shape index (κ1) is 14.5. The van der Waals surface area contributed by atoms with Crippen LogP contribution < -0.4 is 5.32 Å². The summed E-state index contributed by atoms with van der Waals surface area (Å²) in [4.78, 5) is 16.8. The van der Waals surface area contributed by atoms with Crippen LogP contribution in [0.3, 0.4) is 0 Å². The van der Waals surface area contributed by atoms with E-state index in [2.05, 4.69) is 10.3 Å². The van der Waals surface area contributed by atoms with Gasteiger partial charge in [0.25, 0.3) is 5.91 Å². The molecule has 118 valence electrons. The molecule has 6 heteroatoms. The highest BCUT2D eigenvalue weighted by Gasteiger charge is 2.16. The highest BCUT2D eigenvalue weighted by atomic mass is 32.1. The van der Waals surface area contributed by atoms with Crippen molar-refractivity contribution in [3.63, 3.8) is 0 Å². The quantitative estimate of drug-likeness (QED) is 0.540. The molecule has 0 unspecified atom stereocenters. The predicted octanol–water partition coefficient (Wildman–Crippen LogP) is 4.51. The normalized spacial score (nSPS) is 10.8. The highest BCUT2D eigenvalue weighted by molar-refractivity contribution is 7.21. The number of amides is 1. The van der Waals surface area contributed by atoms with Crippen molar-refractivity contribution >= 4 is 33.1 Å². The van der Waals surface area contributed by atoms with Gasteiger partial charge in [-0.1, -0.05) is 24.3 Å². The summed E-state index contributed by atoms with van der Waals surface area (Å²) >= 11 is 1.51. The Balaban J connectivity index is 1.60. The van der Waals surface area contributed by atoms with Crippen molar-refractivity contribution in [3.8, 4) is 16.5 Å².